The molecular formula is C22H26F3N3O2. The van der Waals surface area contributed by atoms with Crippen LogP contribution in [0.2, 0.25) is 0 Å². The first-order valence-electron chi connectivity index (χ1n) is 10.4. The van der Waals surface area contributed by atoms with Gasteiger partial charge in [-0.05, 0) is 56.3 Å². The summed E-state index contributed by atoms with van der Waals surface area (Å²) in [7, 11) is 0. The number of aryl methyl sites for hydroxylation is 2. The Balaban J connectivity index is 1.24. The Kier molecular flexibility index (Phi) is 5.38. The van der Waals surface area contributed by atoms with Crippen LogP contribution in [0.3, 0.4) is 0 Å². The zero-order valence-electron chi connectivity index (χ0n) is 17.0. The zero-order valence-corrected chi connectivity index (χ0v) is 17.0. The van der Waals surface area contributed by atoms with Gasteiger partial charge in [0.2, 0.25) is 0 Å². The maximum atomic E-state index is 12.8. The molecule has 1 saturated carbocycles. The number of piperidine rings is 1. The molecule has 0 bridgehead atoms. The smallest absolute Gasteiger partial charge is 0.302 e. The van der Waals surface area contributed by atoms with E-state index in [0.717, 1.165) is 50.9 Å². The first-order valence-corrected chi connectivity index (χ1v) is 10.4. The van der Waals surface area contributed by atoms with Crippen molar-refractivity contribution in [3.05, 3.63) is 68.0 Å². The normalized spacial score (nSPS) is 23.5. The molecule has 2 aliphatic rings. The fraction of sp³-hybridized carbons (Fsp3) is 0.545. The highest BCUT2D eigenvalue weighted by atomic mass is 19.4. The van der Waals surface area contributed by atoms with E-state index in [1.165, 1.54) is 12.1 Å². The van der Waals surface area contributed by atoms with E-state index in [1.54, 1.807) is 29.8 Å². The molecule has 1 aromatic carbocycles. The van der Waals surface area contributed by atoms with Gasteiger partial charge >= 0.3 is 11.9 Å². The number of fused-ring (bicyclic) bond motifs is 1. The van der Waals surface area contributed by atoms with Crippen LogP contribution in [0, 0.1) is 12.8 Å². The van der Waals surface area contributed by atoms with Crippen LogP contribution in [0.15, 0.2) is 40.1 Å². The molecule has 2 heterocycles. The average Bonchev–Trinajstić information content (AvgIpc) is 3.26. The van der Waals surface area contributed by atoms with Crippen LogP contribution >= 0.6 is 0 Å². The van der Waals surface area contributed by atoms with Crippen molar-refractivity contribution in [2.24, 2.45) is 5.92 Å². The SMILES string of the molecule is Cc1cn(CCCCCN2C[C@@H]3C[C@]3(c3ccc(C(F)(F)F)cc3)C2)c(=O)[nH]c1=O. The molecule has 30 heavy (non-hydrogen) atoms. The van der Waals surface area contributed by atoms with E-state index in [2.05, 4.69) is 9.88 Å². The molecule has 162 valence electrons. The Labute approximate surface area is 172 Å². The first kappa shape index (κ1) is 20.9. The molecule has 0 spiro atoms. The standard InChI is InChI=1S/C22H26F3N3O2/c1-15-12-28(20(30)26-19(15)29)10-4-2-3-9-27-13-18-11-21(18,14-27)16-5-7-17(8-6-16)22(23,24)25/h5-8,12,18H,2-4,9-11,13-14H2,1H3,(H,26,29,30)/t18-,21+/m0/s1. The number of nitrogens with one attached hydrogen (secondary N) is 1. The number of H-pyrrole nitrogens is 1. The van der Waals surface area contributed by atoms with E-state index in [0.29, 0.717) is 18.0 Å². The third-order valence-corrected chi connectivity index (χ3v) is 6.57. The van der Waals surface area contributed by atoms with Gasteiger partial charge in [0.1, 0.15) is 0 Å². The van der Waals surface area contributed by atoms with E-state index >= 15 is 0 Å². The Morgan fingerprint density at radius 2 is 1.80 bits per heavy atom. The summed E-state index contributed by atoms with van der Waals surface area (Å²) in [5, 5.41) is 0. The van der Waals surface area contributed by atoms with Gasteiger partial charge in [0.05, 0.1) is 5.56 Å². The molecule has 1 aromatic heterocycles. The second-order valence-corrected chi connectivity index (χ2v) is 8.69. The molecule has 0 radical (unpaired) electrons. The van der Waals surface area contributed by atoms with Crippen LogP contribution in [0.5, 0.6) is 0 Å². The lowest BCUT2D eigenvalue weighted by atomic mass is 9.94. The van der Waals surface area contributed by atoms with Gasteiger partial charge in [0.25, 0.3) is 5.56 Å². The van der Waals surface area contributed by atoms with Crippen molar-refractivity contribution < 1.29 is 13.2 Å². The fourth-order valence-electron chi connectivity index (χ4n) is 4.77. The molecule has 1 saturated heterocycles. The molecule has 4 rings (SSSR count). The van der Waals surface area contributed by atoms with Gasteiger partial charge in [-0.1, -0.05) is 18.6 Å². The second kappa shape index (κ2) is 7.72. The number of hydrogen-bond donors (Lipinski definition) is 1. The molecule has 2 atom stereocenters. The predicted molar refractivity (Wildman–Crippen MR) is 108 cm³/mol. The molecule has 1 N–H and O–H groups in total. The minimum absolute atomic E-state index is 0.0326. The Morgan fingerprint density at radius 3 is 2.50 bits per heavy atom. The molecule has 2 aromatic rings. The van der Waals surface area contributed by atoms with Crippen molar-refractivity contribution in [1.82, 2.24) is 14.5 Å². The summed E-state index contributed by atoms with van der Waals surface area (Å²) in [6.07, 6.45) is 1.20. The van der Waals surface area contributed by atoms with E-state index in [9.17, 15) is 22.8 Å². The van der Waals surface area contributed by atoms with E-state index in [1.807, 2.05) is 0 Å². The van der Waals surface area contributed by atoms with Gasteiger partial charge in [-0.15, -0.1) is 0 Å². The van der Waals surface area contributed by atoms with Crippen LogP contribution < -0.4 is 11.2 Å². The number of aromatic amines is 1. The van der Waals surface area contributed by atoms with Gasteiger partial charge in [-0.25, -0.2) is 4.79 Å². The largest absolute Gasteiger partial charge is 0.416 e. The number of rotatable bonds is 7. The highest BCUT2D eigenvalue weighted by Gasteiger charge is 2.60. The lowest BCUT2D eigenvalue weighted by Gasteiger charge is -2.21. The predicted octanol–water partition coefficient (Wildman–Crippen LogP) is 3.31. The van der Waals surface area contributed by atoms with Gasteiger partial charge < -0.3 is 9.47 Å². The van der Waals surface area contributed by atoms with Gasteiger partial charge in [-0.2, -0.15) is 13.2 Å². The lowest BCUT2D eigenvalue weighted by molar-refractivity contribution is -0.137. The molecule has 0 amide bonds. The molecule has 2 fully saturated rings. The second-order valence-electron chi connectivity index (χ2n) is 8.69. The molecule has 0 unspecified atom stereocenters. The Morgan fingerprint density at radius 1 is 1.10 bits per heavy atom. The number of halogens is 3. The van der Waals surface area contributed by atoms with Crippen LogP contribution in [0.1, 0.15) is 42.4 Å². The van der Waals surface area contributed by atoms with Crippen LogP contribution in [-0.2, 0) is 18.1 Å². The average molecular weight is 421 g/mol. The third kappa shape index (κ3) is 4.10. The van der Waals surface area contributed by atoms with E-state index in [4.69, 9.17) is 0 Å². The van der Waals surface area contributed by atoms with E-state index < -0.39 is 11.7 Å². The van der Waals surface area contributed by atoms with Crippen LogP contribution in [-0.4, -0.2) is 34.1 Å². The molecular weight excluding hydrogens is 395 g/mol. The summed E-state index contributed by atoms with van der Waals surface area (Å²) in [6.45, 7) is 5.12. The summed E-state index contributed by atoms with van der Waals surface area (Å²) < 4.78 is 39.9. The van der Waals surface area contributed by atoms with Crippen molar-refractivity contribution >= 4 is 0 Å². The van der Waals surface area contributed by atoms with Gasteiger partial charge in [-0.3, -0.25) is 9.78 Å². The number of aromatic nitrogens is 2. The molecule has 8 heteroatoms. The third-order valence-electron chi connectivity index (χ3n) is 6.57. The highest BCUT2D eigenvalue weighted by molar-refractivity contribution is 5.39. The number of alkyl halides is 3. The number of benzene rings is 1. The van der Waals surface area contributed by atoms with Crippen LogP contribution in [0.4, 0.5) is 13.2 Å². The quantitative estimate of drug-likeness (QED) is 0.698. The van der Waals surface area contributed by atoms with Gasteiger partial charge in [0, 0.05) is 36.8 Å². The number of nitrogens with zero attached hydrogens (tertiary/aromatic N) is 2. The number of likely N-dealkylation sites (tertiary alicyclic amines) is 1. The topological polar surface area (TPSA) is 58.1 Å². The molecule has 1 aliphatic carbocycles. The minimum atomic E-state index is -4.29. The number of unbranched alkanes of at least 4 members (excludes halogenated alkanes) is 2. The first-order chi connectivity index (χ1) is 14.2. The summed E-state index contributed by atoms with van der Waals surface area (Å²) in [5.74, 6) is 0.539. The fourth-order valence-corrected chi connectivity index (χ4v) is 4.77. The maximum absolute atomic E-state index is 12.8. The van der Waals surface area contributed by atoms with Gasteiger partial charge in [0.15, 0.2) is 0 Å². The maximum Gasteiger partial charge on any atom is 0.416 e. The van der Waals surface area contributed by atoms with Crippen molar-refractivity contribution in [1.29, 1.82) is 0 Å². The lowest BCUT2D eigenvalue weighted by Crippen LogP contribution is -2.31. The van der Waals surface area contributed by atoms with Crippen LogP contribution in [0.25, 0.3) is 0 Å². The van der Waals surface area contributed by atoms with Crippen molar-refractivity contribution in [3.8, 4) is 0 Å². The summed E-state index contributed by atoms with van der Waals surface area (Å²) in [4.78, 5) is 27.9. The summed E-state index contributed by atoms with van der Waals surface area (Å²) >= 11 is 0. The van der Waals surface area contributed by atoms with Crippen molar-refractivity contribution in [2.45, 2.75) is 50.7 Å². The molecule has 1 aliphatic heterocycles. The van der Waals surface area contributed by atoms with Crippen molar-refractivity contribution in [2.75, 3.05) is 19.6 Å². The summed E-state index contributed by atoms with van der Waals surface area (Å²) in [6, 6.07) is 5.69. The number of hydrogen-bond acceptors (Lipinski definition) is 3. The van der Waals surface area contributed by atoms with Crippen molar-refractivity contribution in [3.63, 3.8) is 0 Å². The monoisotopic (exact) mass is 421 g/mol. The van der Waals surface area contributed by atoms with E-state index in [-0.39, 0.29) is 16.7 Å². The molecule has 5 nitrogen and oxygen atoms in total. The highest BCUT2D eigenvalue weighted by Crippen LogP contribution is 2.59. The Hall–Kier alpha value is -2.35. The summed E-state index contributed by atoms with van der Waals surface area (Å²) in [5.41, 5.74) is 0.279. The Bertz CT molecular complexity index is 1030. The zero-order chi connectivity index (χ0) is 21.5. The minimum Gasteiger partial charge on any atom is -0.302 e.